The standard InChI is InChI=1S/C17H23BO3Si/c1-15(2)13-22(21-14-18(19)20,16-9-5-3-6-10-16)17-11-7-4-8-12-17/h3-12,15,19-20H,13-14H2,1-2H3. The average molecular weight is 314 g/mol. The van der Waals surface area contributed by atoms with E-state index in [1.54, 1.807) is 0 Å². The summed E-state index contributed by atoms with van der Waals surface area (Å²) in [5.41, 5.74) is 0. The van der Waals surface area contributed by atoms with Crippen LogP contribution in [0.1, 0.15) is 13.8 Å². The van der Waals surface area contributed by atoms with Crippen LogP contribution in [-0.2, 0) is 4.43 Å². The van der Waals surface area contributed by atoms with Crippen molar-refractivity contribution in [3.8, 4) is 0 Å². The maximum Gasteiger partial charge on any atom is 0.477 e. The Bertz CT molecular complexity index is 521. The van der Waals surface area contributed by atoms with Gasteiger partial charge in [0.15, 0.2) is 0 Å². The van der Waals surface area contributed by atoms with Crippen LogP contribution in [0, 0.1) is 5.92 Å². The summed E-state index contributed by atoms with van der Waals surface area (Å²) in [6.07, 6.45) is 0. The van der Waals surface area contributed by atoms with Crippen LogP contribution in [0.2, 0.25) is 6.04 Å². The molecule has 0 saturated heterocycles. The van der Waals surface area contributed by atoms with E-state index in [2.05, 4.69) is 38.1 Å². The molecule has 2 N–H and O–H groups in total. The number of hydrogen-bond acceptors (Lipinski definition) is 3. The van der Waals surface area contributed by atoms with Gasteiger partial charge in [-0.1, -0.05) is 74.5 Å². The van der Waals surface area contributed by atoms with E-state index < -0.39 is 15.4 Å². The maximum absolute atomic E-state index is 9.30. The zero-order valence-corrected chi connectivity index (χ0v) is 14.1. The molecule has 3 nitrogen and oxygen atoms in total. The van der Waals surface area contributed by atoms with Gasteiger partial charge in [0.25, 0.3) is 8.32 Å². The molecule has 2 aromatic carbocycles. The number of hydrogen-bond donors (Lipinski definition) is 2. The molecule has 0 saturated carbocycles. The molecule has 22 heavy (non-hydrogen) atoms. The Morgan fingerprint density at radius 1 is 0.909 bits per heavy atom. The van der Waals surface area contributed by atoms with Crippen LogP contribution in [-0.4, -0.2) is 32.0 Å². The van der Waals surface area contributed by atoms with E-state index in [0.29, 0.717) is 5.92 Å². The highest BCUT2D eigenvalue weighted by Gasteiger charge is 2.40. The molecule has 0 heterocycles. The third-order valence-electron chi connectivity index (χ3n) is 3.65. The average Bonchev–Trinajstić information content (AvgIpc) is 2.53. The molecule has 0 atom stereocenters. The third kappa shape index (κ3) is 4.08. The summed E-state index contributed by atoms with van der Waals surface area (Å²) in [6, 6.07) is 21.3. The lowest BCUT2D eigenvalue weighted by atomic mass is 9.95. The second-order valence-electron chi connectivity index (χ2n) is 5.95. The highest BCUT2D eigenvalue weighted by molar-refractivity contribution is 6.97. The van der Waals surface area contributed by atoms with Crippen molar-refractivity contribution in [3.05, 3.63) is 60.7 Å². The molecule has 0 amide bonds. The lowest BCUT2D eigenvalue weighted by molar-refractivity contribution is 0.302. The van der Waals surface area contributed by atoms with Crippen molar-refractivity contribution in [2.75, 3.05) is 6.51 Å². The molecule has 0 aromatic heterocycles. The van der Waals surface area contributed by atoms with Crippen LogP contribution >= 0.6 is 0 Å². The van der Waals surface area contributed by atoms with Gasteiger partial charge in [-0.15, -0.1) is 0 Å². The van der Waals surface area contributed by atoms with Crippen molar-refractivity contribution >= 4 is 25.8 Å². The summed E-state index contributed by atoms with van der Waals surface area (Å²) in [5.74, 6) is 0.447. The summed E-state index contributed by atoms with van der Waals surface area (Å²) in [6.45, 7) is 4.28. The zero-order chi connectivity index (χ0) is 16.0. The summed E-state index contributed by atoms with van der Waals surface area (Å²) >= 11 is 0. The van der Waals surface area contributed by atoms with Gasteiger partial charge in [-0.3, -0.25) is 0 Å². The molecular weight excluding hydrogens is 291 g/mol. The van der Waals surface area contributed by atoms with Crippen LogP contribution in [0.25, 0.3) is 0 Å². The normalized spacial score (nSPS) is 11.7. The highest BCUT2D eigenvalue weighted by Crippen LogP contribution is 2.19. The van der Waals surface area contributed by atoms with E-state index in [9.17, 15) is 10.0 Å². The number of benzene rings is 2. The lowest BCUT2D eigenvalue weighted by Gasteiger charge is -2.34. The minimum Gasteiger partial charge on any atom is -0.426 e. The Kier molecular flexibility index (Phi) is 5.97. The first-order valence-electron chi connectivity index (χ1n) is 7.66. The highest BCUT2D eigenvalue weighted by atomic mass is 28.4. The molecule has 5 heteroatoms. The van der Waals surface area contributed by atoms with Crippen molar-refractivity contribution in [3.63, 3.8) is 0 Å². The predicted octanol–water partition coefficient (Wildman–Crippen LogP) is 1.43. The molecule has 2 aromatic rings. The molecule has 116 valence electrons. The van der Waals surface area contributed by atoms with Gasteiger partial charge >= 0.3 is 7.12 Å². The van der Waals surface area contributed by atoms with Gasteiger partial charge in [-0.05, 0) is 22.3 Å². The van der Waals surface area contributed by atoms with E-state index >= 15 is 0 Å². The smallest absolute Gasteiger partial charge is 0.426 e. The van der Waals surface area contributed by atoms with Crippen molar-refractivity contribution in [1.82, 2.24) is 0 Å². The van der Waals surface area contributed by atoms with E-state index in [1.807, 2.05) is 36.4 Å². The topological polar surface area (TPSA) is 49.7 Å². The molecule has 0 bridgehead atoms. The van der Waals surface area contributed by atoms with Gasteiger partial charge in [0, 0.05) is 0 Å². The van der Waals surface area contributed by atoms with Gasteiger partial charge in [0.2, 0.25) is 0 Å². The zero-order valence-electron chi connectivity index (χ0n) is 13.1. The molecule has 0 fully saturated rings. The summed E-state index contributed by atoms with van der Waals surface area (Å²) in [7, 11) is -3.95. The molecule has 0 aliphatic carbocycles. The number of rotatable bonds is 7. The quantitative estimate of drug-likeness (QED) is 0.760. The van der Waals surface area contributed by atoms with E-state index in [0.717, 1.165) is 16.4 Å². The van der Waals surface area contributed by atoms with Crippen molar-refractivity contribution in [1.29, 1.82) is 0 Å². The fraction of sp³-hybridized carbons (Fsp3) is 0.294. The monoisotopic (exact) mass is 314 g/mol. The van der Waals surface area contributed by atoms with E-state index in [1.165, 1.54) is 0 Å². The Labute approximate surface area is 133 Å². The molecular formula is C17H23BO3Si. The Morgan fingerprint density at radius 3 is 1.73 bits per heavy atom. The Morgan fingerprint density at radius 2 is 1.36 bits per heavy atom. The fourth-order valence-electron chi connectivity index (χ4n) is 2.83. The fourth-order valence-corrected chi connectivity index (χ4v) is 7.14. The molecule has 0 spiro atoms. The first kappa shape index (κ1) is 17.0. The van der Waals surface area contributed by atoms with Gasteiger partial charge in [0.05, 0.1) is 6.51 Å². The first-order valence-corrected chi connectivity index (χ1v) is 9.77. The maximum atomic E-state index is 9.30. The van der Waals surface area contributed by atoms with Gasteiger partial charge in [-0.25, -0.2) is 0 Å². The van der Waals surface area contributed by atoms with E-state index in [-0.39, 0.29) is 6.51 Å². The van der Waals surface area contributed by atoms with Crippen LogP contribution in [0.4, 0.5) is 0 Å². The van der Waals surface area contributed by atoms with E-state index in [4.69, 9.17) is 4.43 Å². The van der Waals surface area contributed by atoms with Crippen LogP contribution in [0.3, 0.4) is 0 Å². The predicted molar refractivity (Wildman–Crippen MR) is 93.7 cm³/mol. The lowest BCUT2D eigenvalue weighted by Crippen LogP contribution is -2.62. The molecule has 0 aliphatic heterocycles. The summed E-state index contributed by atoms with van der Waals surface area (Å²) in [5, 5.41) is 20.9. The second kappa shape index (κ2) is 7.74. The van der Waals surface area contributed by atoms with Crippen molar-refractivity contribution < 1.29 is 14.5 Å². The van der Waals surface area contributed by atoms with Crippen LogP contribution < -0.4 is 10.4 Å². The summed E-state index contributed by atoms with van der Waals surface area (Å²) in [4.78, 5) is 0. The molecule has 0 radical (unpaired) electrons. The molecule has 0 unspecified atom stereocenters. The minimum absolute atomic E-state index is 0.0667. The van der Waals surface area contributed by atoms with Gasteiger partial charge < -0.3 is 14.5 Å². The third-order valence-corrected chi connectivity index (χ3v) is 8.24. The molecule has 2 rings (SSSR count). The Hall–Kier alpha value is -1.40. The minimum atomic E-state index is -2.49. The van der Waals surface area contributed by atoms with Crippen LogP contribution in [0.15, 0.2) is 60.7 Å². The van der Waals surface area contributed by atoms with Crippen molar-refractivity contribution in [2.45, 2.75) is 19.9 Å². The van der Waals surface area contributed by atoms with Gasteiger partial charge in [-0.2, -0.15) is 0 Å². The molecule has 0 aliphatic rings. The SMILES string of the molecule is CC(C)C[Si](OCB(O)O)(c1ccccc1)c1ccccc1. The van der Waals surface area contributed by atoms with Gasteiger partial charge in [0.1, 0.15) is 0 Å². The largest absolute Gasteiger partial charge is 0.477 e. The Balaban J connectivity index is 2.52. The first-order chi connectivity index (χ1) is 10.5. The van der Waals surface area contributed by atoms with Crippen molar-refractivity contribution in [2.24, 2.45) is 5.92 Å². The van der Waals surface area contributed by atoms with Crippen LogP contribution in [0.5, 0.6) is 0 Å². The second-order valence-corrected chi connectivity index (χ2v) is 9.45. The summed E-state index contributed by atoms with van der Waals surface area (Å²) < 4.78 is 6.21.